The van der Waals surface area contributed by atoms with E-state index in [1.165, 1.54) is 5.57 Å². The van der Waals surface area contributed by atoms with Crippen molar-refractivity contribution >= 4 is 5.78 Å². The van der Waals surface area contributed by atoms with Gasteiger partial charge in [0.2, 0.25) is 0 Å². The lowest BCUT2D eigenvalue weighted by molar-refractivity contribution is -0.112. The maximum atomic E-state index is 11.0. The van der Waals surface area contributed by atoms with Crippen LogP contribution in [-0.4, -0.2) is 5.78 Å². The highest BCUT2D eigenvalue weighted by molar-refractivity contribution is 5.87. The molecule has 1 heteroatoms. The van der Waals surface area contributed by atoms with E-state index in [1.54, 1.807) is 13.0 Å². The lowest BCUT2D eigenvalue weighted by Gasteiger charge is -2.41. The van der Waals surface area contributed by atoms with E-state index in [2.05, 4.69) is 39.8 Å². The summed E-state index contributed by atoms with van der Waals surface area (Å²) in [6, 6.07) is 0. The van der Waals surface area contributed by atoms with E-state index < -0.39 is 0 Å². The Morgan fingerprint density at radius 2 is 2.13 bits per heavy atom. The summed E-state index contributed by atoms with van der Waals surface area (Å²) in [5, 5.41) is 0. The molecule has 0 radical (unpaired) electrons. The third kappa shape index (κ3) is 2.58. The fraction of sp³-hybridized carbons (Fsp3) is 0.643. The highest BCUT2D eigenvalue weighted by Gasteiger charge is 2.35. The van der Waals surface area contributed by atoms with Crippen molar-refractivity contribution in [1.29, 1.82) is 0 Å². The number of ketones is 1. The first-order valence-electron chi connectivity index (χ1n) is 5.71. The van der Waals surface area contributed by atoms with Crippen molar-refractivity contribution in [3.8, 4) is 0 Å². The van der Waals surface area contributed by atoms with Gasteiger partial charge in [-0.3, -0.25) is 4.79 Å². The van der Waals surface area contributed by atoms with E-state index in [4.69, 9.17) is 0 Å². The minimum absolute atomic E-state index is 0.144. The van der Waals surface area contributed by atoms with Gasteiger partial charge in [-0.2, -0.15) is 0 Å². The summed E-state index contributed by atoms with van der Waals surface area (Å²) in [5.41, 5.74) is 1.63. The quantitative estimate of drug-likeness (QED) is 0.496. The van der Waals surface area contributed by atoms with E-state index in [1.807, 2.05) is 0 Å². The van der Waals surface area contributed by atoms with Crippen LogP contribution in [-0.2, 0) is 4.79 Å². The van der Waals surface area contributed by atoms with Crippen molar-refractivity contribution in [3.05, 3.63) is 23.8 Å². The van der Waals surface area contributed by atoms with Crippen LogP contribution in [0.1, 0.15) is 41.0 Å². The standard InChI is InChI=1S/C14H22O/c1-10-6-7-11(2)14(4,5)13(10)9-8-12(3)15/h7-10,13H,6H2,1-5H3/b9-8+/t10-,13+/m1/s1. The van der Waals surface area contributed by atoms with Crippen LogP contribution < -0.4 is 0 Å². The van der Waals surface area contributed by atoms with Crippen molar-refractivity contribution in [1.82, 2.24) is 0 Å². The van der Waals surface area contributed by atoms with Crippen molar-refractivity contribution in [2.24, 2.45) is 17.3 Å². The Balaban J connectivity index is 2.95. The molecule has 0 amide bonds. The third-order valence-electron chi connectivity index (χ3n) is 3.80. The van der Waals surface area contributed by atoms with Crippen LogP contribution >= 0.6 is 0 Å². The average Bonchev–Trinajstić information content (AvgIpc) is 2.11. The maximum absolute atomic E-state index is 11.0. The van der Waals surface area contributed by atoms with Crippen LogP contribution in [0.25, 0.3) is 0 Å². The van der Waals surface area contributed by atoms with Crippen molar-refractivity contribution in [2.45, 2.75) is 41.0 Å². The number of rotatable bonds is 2. The minimum atomic E-state index is 0.144. The van der Waals surface area contributed by atoms with Gasteiger partial charge in [0.15, 0.2) is 5.78 Å². The number of hydrogen-bond acceptors (Lipinski definition) is 1. The largest absolute Gasteiger partial charge is 0.295 e. The maximum Gasteiger partial charge on any atom is 0.152 e. The van der Waals surface area contributed by atoms with Crippen molar-refractivity contribution in [2.75, 3.05) is 0 Å². The molecule has 2 atom stereocenters. The predicted octanol–water partition coefficient (Wildman–Crippen LogP) is 3.76. The first-order chi connectivity index (χ1) is 6.85. The Kier molecular flexibility index (Phi) is 3.54. The molecular formula is C14H22O. The molecular weight excluding hydrogens is 184 g/mol. The summed E-state index contributed by atoms with van der Waals surface area (Å²) in [6.45, 7) is 10.6. The van der Waals surface area contributed by atoms with Crippen molar-refractivity contribution < 1.29 is 4.79 Å². The fourth-order valence-electron chi connectivity index (χ4n) is 2.42. The molecule has 0 aromatic heterocycles. The number of carbonyl (C=O) groups is 1. The second kappa shape index (κ2) is 4.34. The predicted molar refractivity (Wildman–Crippen MR) is 64.6 cm³/mol. The molecule has 0 unspecified atom stereocenters. The van der Waals surface area contributed by atoms with Gasteiger partial charge in [-0.1, -0.05) is 38.5 Å². The van der Waals surface area contributed by atoms with Gasteiger partial charge in [0.1, 0.15) is 0 Å². The Hall–Kier alpha value is -0.850. The Morgan fingerprint density at radius 3 is 2.67 bits per heavy atom. The summed E-state index contributed by atoms with van der Waals surface area (Å²) in [5.74, 6) is 1.25. The second-order valence-corrected chi connectivity index (χ2v) is 5.32. The zero-order valence-electron chi connectivity index (χ0n) is 10.5. The lowest BCUT2D eigenvalue weighted by Crippen LogP contribution is -2.32. The van der Waals surface area contributed by atoms with Gasteiger partial charge in [0.05, 0.1) is 0 Å². The molecule has 0 bridgehead atoms. The zero-order valence-corrected chi connectivity index (χ0v) is 10.5. The molecule has 1 rings (SSSR count). The molecule has 0 spiro atoms. The van der Waals surface area contributed by atoms with Crippen LogP contribution in [0, 0.1) is 17.3 Å². The molecule has 0 fully saturated rings. The molecule has 1 aliphatic rings. The summed E-state index contributed by atoms with van der Waals surface area (Å²) in [4.78, 5) is 11.0. The normalized spacial score (nSPS) is 30.3. The van der Waals surface area contributed by atoms with Gasteiger partial charge in [0, 0.05) is 0 Å². The van der Waals surface area contributed by atoms with E-state index in [9.17, 15) is 4.79 Å². The monoisotopic (exact) mass is 206 g/mol. The van der Waals surface area contributed by atoms with E-state index in [0.29, 0.717) is 11.8 Å². The van der Waals surface area contributed by atoms with Gasteiger partial charge >= 0.3 is 0 Å². The topological polar surface area (TPSA) is 17.1 Å². The van der Waals surface area contributed by atoms with Gasteiger partial charge in [-0.15, -0.1) is 0 Å². The Labute approximate surface area is 93.3 Å². The van der Waals surface area contributed by atoms with Gasteiger partial charge in [-0.05, 0) is 43.6 Å². The van der Waals surface area contributed by atoms with Crippen molar-refractivity contribution in [3.63, 3.8) is 0 Å². The molecule has 84 valence electrons. The summed E-state index contributed by atoms with van der Waals surface area (Å²) >= 11 is 0. The molecule has 0 heterocycles. The lowest BCUT2D eigenvalue weighted by atomic mass is 9.64. The molecule has 1 nitrogen and oxygen atoms in total. The molecule has 0 saturated heterocycles. The summed E-state index contributed by atoms with van der Waals surface area (Å²) in [6.07, 6.45) is 7.29. The molecule has 0 aliphatic heterocycles. The first kappa shape index (κ1) is 12.2. The molecule has 0 N–H and O–H groups in total. The highest BCUT2D eigenvalue weighted by Crippen LogP contribution is 2.44. The fourth-order valence-corrected chi connectivity index (χ4v) is 2.42. The minimum Gasteiger partial charge on any atom is -0.295 e. The zero-order chi connectivity index (χ0) is 11.6. The average molecular weight is 206 g/mol. The SMILES string of the molecule is CC(=O)/C=C/[C@H]1[C@H](C)CC=C(C)C1(C)C. The third-order valence-corrected chi connectivity index (χ3v) is 3.80. The Bertz CT molecular complexity index is 307. The first-order valence-corrected chi connectivity index (χ1v) is 5.71. The van der Waals surface area contributed by atoms with E-state index >= 15 is 0 Å². The number of carbonyl (C=O) groups excluding carboxylic acids is 1. The second-order valence-electron chi connectivity index (χ2n) is 5.32. The van der Waals surface area contributed by atoms with Crippen LogP contribution in [0.3, 0.4) is 0 Å². The van der Waals surface area contributed by atoms with E-state index in [0.717, 1.165) is 6.42 Å². The summed E-state index contributed by atoms with van der Waals surface area (Å²) < 4.78 is 0. The molecule has 15 heavy (non-hydrogen) atoms. The Morgan fingerprint density at radius 1 is 1.53 bits per heavy atom. The molecule has 0 aromatic carbocycles. The smallest absolute Gasteiger partial charge is 0.152 e. The van der Waals surface area contributed by atoms with Gasteiger partial charge < -0.3 is 0 Å². The summed E-state index contributed by atoms with van der Waals surface area (Å²) in [7, 11) is 0. The van der Waals surface area contributed by atoms with Crippen LogP contribution in [0.5, 0.6) is 0 Å². The van der Waals surface area contributed by atoms with Gasteiger partial charge in [-0.25, -0.2) is 0 Å². The highest BCUT2D eigenvalue weighted by atomic mass is 16.1. The molecule has 0 saturated carbocycles. The van der Waals surface area contributed by atoms with Gasteiger partial charge in [0.25, 0.3) is 0 Å². The number of allylic oxidation sites excluding steroid dienone is 4. The number of hydrogen-bond donors (Lipinski definition) is 0. The molecule has 0 aromatic rings. The van der Waals surface area contributed by atoms with Crippen LogP contribution in [0.4, 0.5) is 0 Å². The van der Waals surface area contributed by atoms with Crippen LogP contribution in [0.15, 0.2) is 23.8 Å². The molecule has 1 aliphatic carbocycles. The van der Waals surface area contributed by atoms with E-state index in [-0.39, 0.29) is 11.2 Å². The van der Waals surface area contributed by atoms with Crippen LogP contribution in [0.2, 0.25) is 0 Å².